The Labute approximate surface area is 330 Å². The summed E-state index contributed by atoms with van der Waals surface area (Å²) in [7, 11) is 0. The summed E-state index contributed by atoms with van der Waals surface area (Å²) in [5.41, 5.74) is 2.16. The Bertz CT molecular complexity index is 544. The minimum absolute atomic E-state index is 0.205. The van der Waals surface area contributed by atoms with E-state index < -0.39 is 54.2 Å². The van der Waals surface area contributed by atoms with Crippen LogP contribution in [0.1, 0.15) is 160 Å². The first-order chi connectivity index (χ1) is 23.9. The molecule has 0 spiro atoms. The van der Waals surface area contributed by atoms with Gasteiger partial charge in [0, 0.05) is 0 Å². The second-order valence-electron chi connectivity index (χ2n) is 16.6. The molecule has 0 heterocycles. The molecular weight excluding hydrogens is 864 g/mol. The van der Waals surface area contributed by atoms with Crippen molar-refractivity contribution >= 4 is 54.2 Å². The average molecular weight is 971 g/mol. The van der Waals surface area contributed by atoms with Gasteiger partial charge in [0.05, 0.1) is 0 Å². The van der Waals surface area contributed by atoms with Crippen molar-refractivity contribution in [2.75, 3.05) is 19.8 Å². The molecule has 0 atom stereocenters. The van der Waals surface area contributed by atoms with Crippen LogP contribution in [0.5, 0.6) is 0 Å². The molecule has 0 aliphatic rings. The summed E-state index contributed by atoms with van der Waals surface area (Å²) in [5, 5.41) is 48.1. The summed E-state index contributed by atoms with van der Waals surface area (Å²) in [4.78, 5) is 0. The number of hydrogen-bond donors (Lipinski definition) is 3. The molecular formula is C43H106As4O3. The third-order valence-electron chi connectivity index (χ3n) is 12.5. The van der Waals surface area contributed by atoms with Gasteiger partial charge in [0.15, 0.2) is 0 Å². The van der Waals surface area contributed by atoms with E-state index in [1.54, 1.807) is 41.7 Å². The van der Waals surface area contributed by atoms with Crippen molar-refractivity contribution in [2.45, 2.75) is 244 Å². The van der Waals surface area contributed by atoms with Crippen molar-refractivity contribution in [3.8, 4) is 0 Å². The van der Waals surface area contributed by atoms with Crippen LogP contribution in [0.25, 0.3) is 0 Å². The first kappa shape index (κ1) is 58.8. The van der Waals surface area contributed by atoms with E-state index in [4.69, 9.17) is 15.3 Å². The van der Waals surface area contributed by atoms with Crippen LogP contribution in [-0.4, -0.2) is 89.3 Å². The fraction of sp³-hybridized carbons (Fsp3) is 1.00. The molecule has 3 nitrogen and oxygen atoms in total. The van der Waals surface area contributed by atoms with Crippen LogP contribution in [-0.2, 0) is 0 Å². The molecule has 3 N–H and O–H groups in total. The molecule has 0 saturated heterocycles. The molecule has 0 rings (SSSR count). The topological polar surface area (TPSA) is 60.7 Å². The molecule has 0 aliphatic heterocycles. The molecule has 316 valence electrons. The number of rotatable bonds is 30. The fourth-order valence-electron chi connectivity index (χ4n) is 8.51. The second-order valence-corrected chi connectivity index (χ2v) is 60.5. The van der Waals surface area contributed by atoms with Crippen molar-refractivity contribution in [2.24, 2.45) is 0 Å². The van der Waals surface area contributed by atoms with Crippen LogP contribution < -0.4 is 0 Å². The van der Waals surface area contributed by atoms with Gasteiger partial charge in [0.1, 0.15) is 0 Å². The van der Waals surface area contributed by atoms with Crippen LogP contribution in [0.4, 0.5) is 0 Å². The van der Waals surface area contributed by atoms with Gasteiger partial charge in [-0.3, -0.25) is 0 Å². The van der Waals surface area contributed by atoms with Gasteiger partial charge in [-0.25, -0.2) is 0 Å². The van der Waals surface area contributed by atoms with Gasteiger partial charge in [-0.1, -0.05) is 0 Å². The van der Waals surface area contributed by atoms with Crippen molar-refractivity contribution < 1.29 is 15.3 Å². The molecule has 0 bridgehead atoms. The molecule has 0 radical (unpaired) electrons. The van der Waals surface area contributed by atoms with E-state index in [2.05, 4.69) is 88.8 Å². The van der Waals surface area contributed by atoms with E-state index in [1.807, 2.05) is 0 Å². The summed E-state index contributed by atoms with van der Waals surface area (Å²) in [6, 6.07) is 0. The minimum atomic E-state index is -1.99. The Kier molecular flexibility index (Phi) is 48.0. The van der Waals surface area contributed by atoms with Crippen LogP contribution in [0.2, 0.25) is 83.8 Å². The van der Waals surface area contributed by atoms with Gasteiger partial charge in [0.25, 0.3) is 0 Å². The van der Waals surface area contributed by atoms with Gasteiger partial charge in [0.2, 0.25) is 0 Å². The quantitative estimate of drug-likeness (QED) is 0.0629. The number of unbranched alkanes of at least 4 members (excludes halogenated alkanes) is 4. The van der Waals surface area contributed by atoms with Crippen molar-refractivity contribution in [1.29, 1.82) is 0 Å². The van der Waals surface area contributed by atoms with Crippen LogP contribution in [0.3, 0.4) is 0 Å². The van der Waals surface area contributed by atoms with Crippen molar-refractivity contribution in [1.82, 2.24) is 0 Å². The van der Waals surface area contributed by atoms with Gasteiger partial charge in [-0.2, -0.15) is 0 Å². The van der Waals surface area contributed by atoms with Gasteiger partial charge >= 0.3 is 333 Å². The maximum absolute atomic E-state index is 8.74. The Morgan fingerprint density at radius 1 is 0.280 bits per heavy atom. The molecule has 0 amide bonds. The first-order valence-electron chi connectivity index (χ1n) is 22.7. The second kappa shape index (κ2) is 40.8. The third kappa shape index (κ3) is 31.3. The van der Waals surface area contributed by atoms with E-state index in [0.717, 1.165) is 15.6 Å². The van der Waals surface area contributed by atoms with Gasteiger partial charge in [-0.15, -0.1) is 0 Å². The van der Waals surface area contributed by atoms with E-state index in [1.165, 1.54) is 97.9 Å². The molecule has 0 aromatic rings. The first-order valence-corrected chi connectivity index (χ1v) is 47.1. The van der Waals surface area contributed by atoms with Crippen LogP contribution in [0, 0.1) is 0 Å². The molecule has 0 fully saturated rings. The average Bonchev–Trinajstić information content (AvgIpc) is 3.10. The summed E-state index contributed by atoms with van der Waals surface area (Å²) in [6.45, 7) is 29.1. The number of aliphatic hydroxyl groups is 3. The summed E-state index contributed by atoms with van der Waals surface area (Å²) >= 11 is -5.91. The predicted molar refractivity (Wildman–Crippen MR) is 251 cm³/mol. The number of aliphatic hydroxyl groups excluding tert-OH is 3. The van der Waals surface area contributed by atoms with E-state index >= 15 is 0 Å². The molecule has 0 aromatic heterocycles. The normalized spacial score (nSPS) is 13.3. The molecule has 0 aliphatic carbocycles. The molecule has 50 heavy (non-hydrogen) atoms. The number of hydrogen-bond acceptors (Lipinski definition) is 3. The Morgan fingerprint density at radius 3 is 0.640 bits per heavy atom. The van der Waals surface area contributed by atoms with E-state index in [9.17, 15) is 0 Å². The molecule has 0 unspecified atom stereocenters. The monoisotopic (exact) mass is 971 g/mol. The zero-order chi connectivity index (χ0) is 39.2. The SMILES string of the molecule is CCCC[AsH](CCCC)(CCCC)CCCC.CCC[AsH](CCC)(CCC)CCC.CC[AsH](CC)(CC)CC.C[AsH](CCO)(CCO)CCO. The van der Waals surface area contributed by atoms with Gasteiger partial charge < -0.3 is 0 Å². The zero-order valence-corrected chi connectivity index (χ0v) is 45.9. The van der Waals surface area contributed by atoms with E-state index in [0.29, 0.717) is 0 Å². The van der Waals surface area contributed by atoms with Crippen LogP contribution in [0.15, 0.2) is 0 Å². The summed E-state index contributed by atoms with van der Waals surface area (Å²) < 4.78 is 0. The summed E-state index contributed by atoms with van der Waals surface area (Å²) in [6.07, 6.45) is 17.5. The Balaban J connectivity index is -0.000000290. The fourth-order valence-corrected chi connectivity index (χ4v) is 44.2. The maximum atomic E-state index is 8.74. The Morgan fingerprint density at radius 2 is 0.500 bits per heavy atom. The summed E-state index contributed by atoms with van der Waals surface area (Å²) in [5.74, 6) is 0. The predicted octanol–water partition coefficient (Wildman–Crippen LogP) is 14.2. The zero-order valence-electron chi connectivity index (χ0n) is 37.6. The molecule has 7 heteroatoms. The molecule has 0 aromatic carbocycles. The van der Waals surface area contributed by atoms with E-state index in [-0.39, 0.29) is 19.8 Å². The van der Waals surface area contributed by atoms with Crippen molar-refractivity contribution in [3.63, 3.8) is 0 Å². The van der Waals surface area contributed by atoms with Crippen molar-refractivity contribution in [3.05, 3.63) is 0 Å². The van der Waals surface area contributed by atoms with Gasteiger partial charge in [-0.05, 0) is 0 Å². The Hall–Kier alpha value is 2.11. The molecule has 0 saturated carbocycles. The standard InChI is InChI=1S/C16H37As.C12H29As.C8H21As.C7H19AsO3/c1-5-9-13-17(14-10-6-2,15-11-7-3)16-12-8-4;1-5-9-13(10-6-2,11-7-3)12-8-4;1-5-9(6-2,7-3)8-4;1-8(2-5-9,3-6-10)4-7-11/h17H,5-16H2,1-4H3;13H,5-12H2,1-4H3;9H,5-8H2,1-4H3;8-11H,2-7H2,1H3. The van der Waals surface area contributed by atoms with Crippen LogP contribution >= 0.6 is 0 Å². The third-order valence-corrected chi connectivity index (χ3v) is 59.1.